The minimum absolute atomic E-state index is 0.0479. The van der Waals surface area contributed by atoms with Crippen LogP contribution < -0.4 is 10.6 Å². The molecule has 0 saturated carbocycles. The first-order valence-electron chi connectivity index (χ1n) is 9.25. The summed E-state index contributed by atoms with van der Waals surface area (Å²) in [7, 11) is 0. The summed E-state index contributed by atoms with van der Waals surface area (Å²) in [4.78, 5) is 30.8. The standard InChI is InChI=1S/C22H21N3O2S/c1-13-8-9-16(12-14(13)2)23-21(27)17-10-11-18-19(17)24-22(28-18)25-20(26)15-6-4-3-5-7-15/h3-9,12,17H,10-11H2,1-2H3,(H,23,27)(H,24,25,26). The third-order valence-corrected chi connectivity index (χ3v) is 6.11. The average Bonchev–Trinajstić information content (AvgIpc) is 3.25. The van der Waals surface area contributed by atoms with Crippen molar-refractivity contribution in [2.24, 2.45) is 0 Å². The number of anilines is 2. The van der Waals surface area contributed by atoms with Crippen LogP contribution in [0.2, 0.25) is 0 Å². The second-order valence-electron chi connectivity index (χ2n) is 7.03. The number of nitrogens with zero attached hydrogens (tertiary/aromatic N) is 1. The van der Waals surface area contributed by atoms with Crippen molar-refractivity contribution in [2.75, 3.05) is 10.6 Å². The molecule has 3 aromatic rings. The van der Waals surface area contributed by atoms with Gasteiger partial charge in [-0.3, -0.25) is 14.9 Å². The minimum atomic E-state index is -0.282. The van der Waals surface area contributed by atoms with Crippen LogP contribution in [0.25, 0.3) is 0 Å². The molecular formula is C22H21N3O2S. The van der Waals surface area contributed by atoms with E-state index in [0.717, 1.165) is 34.7 Å². The lowest BCUT2D eigenvalue weighted by Crippen LogP contribution is -2.20. The van der Waals surface area contributed by atoms with E-state index < -0.39 is 0 Å². The van der Waals surface area contributed by atoms with Crippen molar-refractivity contribution in [3.05, 3.63) is 75.8 Å². The van der Waals surface area contributed by atoms with E-state index in [1.807, 2.05) is 50.2 Å². The lowest BCUT2D eigenvalue weighted by Gasteiger charge is -2.12. The predicted molar refractivity (Wildman–Crippen MR) is 112 cm³/mol. The normalized spacial score (nSPS) is 15.1. The maximum absolute atomic E-state index is 12.8. The number of thiazole rings is 1. The molecule has 1 unspecified atom stereocenters. The van der Waals surface area contributed by atoms with Gasteiger partial charge in [-0.15, -0.1) is 11.3 Å². The molecular weight excluding hydrogens is 370 g/mol. The van der Waals surface area contributed by atoms with Crippen LogP contribution in [0.15, 0.2) is 48.5 Å². The van der Waals surface area contributed by atoms with Crippen LogP contribution in [-0.2, 0) is 11.2 Å². The Hall–Kier alpha value is -2.99. The highest BCUT2D eigenvalue weighted by Gasteiger charge is 2.33. The van der Waals surface area contributed by atoms with Crippen LogP contribution >= 0.6 is 11.3 Å². The lowest BCUT2D eigenvalue weighted by molar-refractivity contribution is -0.117. The molecule has 1 heterocycles. The van der Waals surface area contributed by atoms with E-state index in [2.05, 4.69) is 15.6 Å². The molecule has 1 aromatic heterocycles. The Balaban J connectivity index is 1.47. The number of rotatable bonds is 4. The Morgan fingerprint density at radius 2 is 1.82 bits per heavy atom. The molecule has 0 bridgehead atoms. The van der Waals surface area contributed by atoms with Gasteiger partial charge in [-0.1, -0.05) is 24.3 Å². The molecule has 2 aromatic carbocycles. The molecule has 1 aliphatic carbocycles. The van der Waals surface area contributed by atoms with Crippen molar-refractivity contribution in [2.45, 2.75) is 32.6 Å². The van der Waals surface area contributed by atoms with Gasteiger partial charge in [0, 0.05) is 16.1 Å². The molecule has 1 aliphatic rings. The van der Waals surface area contributed by atoms with Gasteiger partial charge in [-0.2, -0.15) is 0 Å². The van der Waals surface area contributed by atoms with Crippen molar-refractivity contribution >= 4 is 34.0 Å². The molecule has 28 heavy (non-hydrogen) atoms. The van der Waals surface area contributed by atoms with Gasteiger partial charge in [0.25, 0.3) is 5.91 Å². The van der Waals surface area contributed by atoms with Crippen LogP contribution in [0.5, 0.6) is 0 Å². The van der Waals surface area contributed by atoms with E-state index in [0.29, 0.717) is 10.7 Å². The number of hydrogen-bond acceptors (Lipinski definition) is 4. The molecule has 0 fully saturated rings. The molecule has 142 valence electrons. The number of aryl methyl sites for hydroxylation is 3. The fourth-order valence-corrected chi connectivity index (χ4v) is 4.38. The zero-order chi connectivity index (χ0) is 19.7. The first-order chi connectivity index (χ1) is 13.5. The first kappa shape index (κ1) is 18.4. The molecule has 2 amide bonds. The summed E-state index contributed by atoms with van der Waals surface area (Å²) >= 11 is 1.45. The number of carbonyl (C=O) groups excluding carboxylic acids is 2. The largest absolute Gasteiger partial charge is 0.326 e. The summed E-state index contributed by atoms with van der Waals surface area (Å²) in [5, 5.41) is 6.40. The molecule has 0 aliphatic heterocycles. The molecule has 0 saturated heterocycles. The Morgan fingerprint density at radius 3 is 2.57 bits per heavy atom. The summed E-state index contributed by atoms with van der Waals surface area (Å²) in [5.41, 5.74) is 4.51. The minimum Gasteiger partial charge on any atom is -0.326 e. The van der Waals surface area contributed by atoms with Crippen molar-refractivity contribution in [3.63, 3.8) is 0 Å². The van der Waals surface area contributed by atoms with E-state index in [9.17, 15) is 9.59 Å². The topological polar surface area (TPSA) is 71.1 Å². The van der Waals surface area contributed by atoms with E-state index in [-0.39, 0.29) is 17.7 Å². The van der Waals surface area contributed by atoms with Gasteiger partial charge in [0.15, 0.2) is 5.13 Å². The van der Waals surface area contributed by atoms with Crippen LogP contribution in [0, 0.1) is 13.8 Å². The second kappa shape index (κ2) is 7.56. The fourth-order valence-electron chi connectivity index (χ4n) is 3.34. The first-order valence-corrected chi connectivity index (χ1v) is 10.1. The quantitative estimate of drug-likeness (QED) is 0.678. The zero-order valence-electron chi connectivity index (χ0n) is 15.8. The molecule has 4 rings (SSSR count). The van der Waals surface area contributed by atoms with Crippen LogP contribution in [-0.4, -0.2) is 16.8 Å². The summed E-state index contributed by atoms with van der Waals surface area (Å²) in [6.07, 6.45) is 1.55. The zero-order valence-corrected chi connectivity index (χ0v) is 16.6. The Labute approximate surface area is 167 Å². The van der Waals surface area contributed by atoms with Crippen molar-refractivity contribution < 1.29 is 9.59 Å². The number of amides is 2. The van der Waals surface area contributed by atoms with E-state index >= 15 is 0 Å². The summed E-state index contributed by atoms with van der Waals surface area (Å²) in [6, 6.07) is 14.9. The highest BCUT2D eigenvalue weighted by atomic mass is 32.1. The van der Waals surface area contributed by atoms with Gasteiger partial charge < -0.3 is 5.32 Å². The van der Waals surface area contributed by atoms with Gasteiger partial charge in [0.1, 0.15) is 0 Å². The number of nitrogens with one attached hydrogen (secondary N) is 2. The third kappa shape index (κ3) is 3.68. The fraction of sp³-hybridized carbons (Fsp3) is 0.227. The molecule has 1 atom stereocenters. The van der Waals surface area contributed by atoms with Crippen LogP contribution in [0.3, 0.4) is 0 Å². The molecule has 6 heteroatoms. The van der Waals surface area contributed by atoms with Gasteiger partial charge in [-0.25, -0.2) is 4.98 Å². The molecule has 0 spiro atoms. The lowest BCUT2D eigenvalue weighted by atomic mass is 10.1. The van der Waals surface area contributed by atoms with Gasteiger partial charge in [0.05, 0.1) is 11.6 Å². The summed E-state index contributed by atoms with van der Waals surface area (Å²) < 4.78 is 0. The maximum atomic E-state index is 12.8. The number of hydrogen-bond donors (Lipinski definition) is 2. The monoisotopic (exact) mass is 391 g/mol. The van der Waals surface area contributed by atoms with Crippen molar-refractivity contribution in [3.8, 4) is 0 Å². The SMILES string of the molecule is Cc1ccc(NC(=O)C2CCc3sc(NC(=O)c4ccccc4)nc32)cc1C. The Kier molecular flexibility index (Phi) is 4.96. The van der Waals surface area contributed by atoms with Gasteiger partial charge >= 0.3 is 0 Å². The molecule has 2 N–H and O–H groups in total. The second-order valence-corrected chi connectivity index (χ2v) is 8.11. The van der Waals surface area contributed by atoms with E-state index in [4.69, 9.17) is 0 Å². The van der Waals surface area contributed by atoms with Gasteiger partial charge in [0.2, 0.25) is 5.91 Å². The summed E-state index contributed by atoms with van der Waals surface area (Å²) in [5.74, 6) is -0.521. The van der Waals surface area contributed by atoms with Gasteiger partial charge in [-0.05, 0) is 62.1 Å². The number of carbonyl (C=O) groups is 2. The number of fused-ring (bicyclic) bond motifs is 1. The van der Waals surface area contributed by atoms with E-state index in [1.165, 1.54) is 16.9 Å². The third-order valence-electron chi connectivity index (χ3n) is 5.07. The Bertz CT molecular complexity index is 1040. The molecule has 0 radical (unpaired) electrons. The van der Waals surface area contributed by atoms with Crippen molar-refractivity contribution in [1.29, 1.82) is 0 Å². The maximum Gasteiger partial charge on any atom is 0.257 e. The predicted octanol–water partition coefficient (Wildman–Crippen LogP) is 4.68. The smallest absolute Gasteiger partial charge is 0.257 e. The van der Waals surface area contributed by atoms with Crippen molar-refractivity contribution in [1.82, 2.24) is 4.98 Å². The Morgan fingerprint density at radius 1 is 1.04 bits per heavy atom. The van der Waals surface area contributed by atoms with Crippen LogP contribution in [0.4, 0.5) is 10.8 Å². The van der Waals surface area contributed by atoms with E-state index in [1.54, 1.807) is 12.1 Å². The highest BCUT2D eigenvalue weighted by Crippen LogP contribution is 2.39. The molecule has 5 nitrogen and oxygen atoms in total. The average molecular weight is 391 g/mol. The number of aromatic nitrogens is 1. The summed E-state index contributed by atoms with van der Waals surface area (Å²) in [6.45, 7) is 4.07. The number of benzene rings is 2. The van der Waals surface area contributed by atoms with Crippen LogP contribution in [0.1, 0.15) is 44.4 Å². The highest BCUT2D eigenvalue weighted by molar-refractivity contribution is 7.16.